The second-order valence-electron chi connectivity index (χ2n) is 3.49. The Balaban J connectivity index is 2.37. The third kappa shape index (κ3) is 2.56. The van der Waals surface area contributed by atoms with Crippen molar-refractivity contribution < 1.29 is 9.53 Å². The molecule has 17 heavy (non-hydrogen) atoms. The molecule has 0 saturated heterocycles. The standard InChI is InChI=1S/C12H10BrNO2S/c1-7-5-8(3-4-9(7)13)11-14-6-10(17-11)12(15)16-2/h3-6H,1-2H3. The Bertz CT molecular complexity index is 565. The van der Waals surface area contributed by atoms with Crippen molar-refractivity contribution in [2.45, 2.75) is 6.92 Å². The van der Waals surface area contributed by atoms with Crippen molar-refractivity contribution in [3.8, 4) is 10.6 Å². The van der Waals surface area contributed by atoms with Gasteiger partial charge in [-0.25, -0.2) is 9.78 Å². The Kier molecular flexibility index (Phi) is 3.59. The largest absolute Gasteiger partial charge is 0.465 e. The smallest absolute Gasteiger partial charge is 0.349 e. The highest BCUT2D eigenvalue weighted by atomic mass is 79.9. The SMILES string of the molecule is COC(=O)c1cnc(-c2ccc(Br)c(C)c2)s1. The van der Waals surface area contributed by atoms with E-state index in [9.17, 15) is 4.79 Å². The van der Waals surface area contributed by atoms with E-state index in [1.807, 2.05) is 25.1 Å². The van der Waals surface area contributed by atoms with Crippen molar-refractivity contribution in [2.75, 3.05) is 7.11 Å². The molecule has 5 heteroatoms. The normalized spacial score (nSPS) is 10.3. The van der Waals surface area contributed by atoms with E-state index in [1.54, 1.807) is 6.20 Å². The second-order valence-corrected chi connectivity index (χ2v) is 5.37. The van der Waals surface area contributed by atoms with E-state index < -0.39 is 0 Å². The van der Waals surface area contributed by atoms with E-state index in [-0.39, 0.29) is 5.97 Å². The summed E-state index contributed by atoms with van der Waals surface area (Å²) in [4.78, 5) is 16.1. The van der Waals surface area contributed by atoms with Gasteiger partial charge in [-0.2, -0.15) is 0 Å². The number of halogens is 1. The lowest BCUT2D eigenvalue weighted by Crippen LogP contribution is -1.96. The third-order valence-electron chi connectivity index (χ3n) is 2.30. The summed E-state index contributed by atoms with van der Waals surface area (Å²) in [5.74, 6) is -0.345. The lowest BCUT2D eigenvalue weighted by molar-refractivity contribution is 0.0606. The first kappa shape index (κ1) is 12.3. The van der Waals surface area contributed by atoms with Crippen LogP contribution in [0.25, 0.3) is 10.6 Å². The van der Waals surface area contributed by atoms with Gasteiger partial charge in [-0.3, -0.25) is 0 Å². The van der Waals surface area contributed by atoms with Crippen LogP contribution in [0.2, 0.25) is 0 Å². The topological polar surface area (TPSA) is 39.2 Å². The summed E-state index contributed by atoms with van der Waals surface area (Å²) in [5.41, 5.74) is 2.14. The Morgan fingerprint density at radius 3 is 2.88 bits per heavy atom. The molecule has 0 atom stereocenters. The van der Waals surface area contributed by atoms with Crippen LogP contribution in [0, 0.1) is 6.92 Å². The molecule has 0 saturated carbocycles. The molecule has 1 aromatic carbocycles. The Labute approximate surface area is 112 Å². The van der Waals surface area contributed by atoms with Gasteiger partial charge in [0, 0.05) is 10.0 Å². The molecule has 0 amide bonds. The van der Waals surface area contributed by atoms with Gasteiger partial charge < -0.3 is 4.74 Å². The molecule has 0 aliphatic carbocycles. The van der Waals surface area contributed by atoms with E-state index in [0.29, 0.717) is 4.88 Å². The van der Waals surface area contributed by atoms with Crippen molar-refractivity contribution in [3.05, 3.63) is 39.3 Å². The molecule has 0 fully saturated rings. The molecule has 2 rings (SSSR count). The van der Waals surface area contributed by atoms with Crippen molar-refractivity contribution in [1.82, 2.24) is 4.98 Å². The number of benzene rings is 1. The van der Waals surface area contributed by atoms with Gasteiger partial charge in [0.1, 0.15) is 9.88 Å². The van der Waals surface area contributed by atoms with Crippen molar-refractivity contribution in [3.63, 3.8) is 0 Å². The number of hydrogen-bond donors (Lipinski definition) is 0. The number of nitrogens with zero attached hydrogens (tertiary/aromatic N) is 1. The maximum Gasteiger partial charge on any atom is 0.349 e. The van der Waals surface area contributed by atoms with Crippen molar-refractivity contribution in [1.29, 1.82) is 0 Å². The average molecular weight is 312 g/mol. The molecular formula is C12H10BrNO2S. The average Bonchev–Trinajstić information content (AvgIpc) is 2.81. The quantitative estimate of drug-likeness (QED) is 0.794. The zero-order chi connectivity index (χ0) is 12.4. The fraction of sp³-hybridized carbons (Fsp3) is 0.167. The monoisotopic (exact) mass is 311 g/mol. The minimum atomic E-state index is -0.345. The molecule has 0 aliphatic rings. The number of aromatic nitrogens is 1. The molecule has 0 aliphatic heterocycles. The van der Waals surface area contributed by atoms with E-state index in [1.165, 1.54) is 18.4 Å². The van der Waals surface area contributed by atoms with Crippen LogP contribution in [-0.2, 0) is 4.74 Å². The van der Waals surface area contributed by atoms with Crippen LogP contribution in [0.4, 0.5) is 0 Å². The number of rotatable bonds is 2. The predicted octanol–water partition coefficient (Wildman–Crippen LogP) is 3.67. The van der Waals surface area contributed by atoms with E-state index >= 15 is 0 Å². The van der Waals surface area contributed by atoms with Crippen LogP contribution < -0.4 is 0 Å². The number of methoxy groups -OCH3 is 1. The minimum absolute atomic E-state index is 0.345. The van der Waals surface area contributed by atoms with Gasteiger partial charge in [-0.05, 0) is 24.6 Å². The van der Waals surface area contributed by atoms with E-state index in [4.69, 9.17) is 0 Å². The summed E-state index contributed by atoms with van der Waals surface area (Å²) < 4.78 is 5.71. The zero-order valence-corrected chi connectivity index (χ0v) is 11.8. The van der Waals surface area contributed by atoms with Gasteiger partial charge in [-0.1, -0.05) is 22.0 Å². The predicted molar refractivity (Wildman–Crippen MR) is 71.3 cm³/mol. The maximum atomic E-state index is 11.3. The number of aryl methyl sites for hydroxylation is 1. The van der Waals surface area contributed by atoms with Gasteiger partial charge in [0.15, 0.2) is 0 Å². The van der Waals surface area contributed by atoms with E-state index in [2.05, 4.69) is 25.7 Å². The molecule has 0 spiro atoms. The van der Waals surface area contributed by atoms with Crippen LogP contribution in [0.3, 0.4) is 0 Å². The van der Waals surface area contributed by atoms with Crippen LogP contribution in [0.1, 0.15) is 15.2 Å². The summed E-state index contributed by atoms with van der Waals surface area (Å²) in [7, 11) is 1.37. The molecule has 0 bridgehead atoms. The maximum absolute atomic E-state index is 11.3. The molecule has 1 aromatic heterocycles. The number of esters is 1. The molecular weight excluding hydrogens is 302 g/mol. The summed E-state index contributed by atoms with van der Waals surface area (Å²) in [6.45, 7) is 2.02. The van der Waals surface area contributed by atoms with Crippen molar-refractivity contribution >= 4 is 33.2 Å². The molecule has 0 radical (unpaired) electrons. The lowest BCUT2D eigenvalue weighted by Gasteiger charge is -2.00. The fourth-order valence-electron chi connectivity index (χ4n) is 1.38. The summed E-state index contributed by atoms with van der Waals surface area (Å²) in [6, 6.07) is 5.98. The minimum Gasteiger partial charge on any atom is -0.465 e. The van der Waals surface area contributed by atoms with E-state index in [0.717, 1.165) is 20.6 Å². The van der Waals surface area contributed by atoms with Crippen LogP contribution >= 0.6 is 27.3 Å². The number of ether oxygens (including phenoxy) is 1. The number of hydrogen-bond acceptors (Lipinski definition) is 4. The summed E-state index contributed by atoms with van der Waals surface area (Å²) >= 11 is 4.78. The lowest BCUT2D eigenvalue weighted by atomic mass is 10.1. The molecule has 88 valence electrons. The van der Waals surface area contributed by atoms with Gasteiger partial charge in [0.25, 0.3) is 0 Å². The molecule has 3 nitrogen and oxygen atoms in total. The first-order chi connectivity index (χ1) is 8.11. The zero-order valence-electron chi connectivity index (χ0n) is 9.36. The number of carbonyl (C=O) groups is 1. The Morgan fingerprint density at radius 2 is 2.24 bits per heavy atom. The Morgan fingerprint density at radius 1 is 1.47 bits per heavy atom. The highest BCUT2D eigenvalue weighted by Crippen LogP contribution is 2.28. The second kappa shape index (κ2) is 4.98. The fourth-order valence-corrected chi connectivity index (χ4v) is 2.46. The number of carbonyl (C=O) groups excluding carboxylic acids is 1. The molecule has 1 heterocycles. The third-order valence-corrected chi connectivity index (χ3v) is 4.21. The molecule has 0 N–H and O–H groups in total. The molecule has 0 unspecified atom stereocenters. The highest BCUT2D eigenvalue weighted by Gasteiger charge is 2.12. The first-order valence-electron chi connectivity index (χ1n) is 4.92. The molecule has 2 aromatic rings. The van der Waals surface area contributed by atoms with Gasteiger partial charge in [-0.15, -0.1) is 11.3 Å². The van der Waals surface area contributed by atoms with Crippen LogP contribution in [-0.4, -0.2) is 18.1 Å². The first-order valence-corrected chi connectivity index (χ1v) is 6.53. The summed E-state index contributed by atoms with van der Waals surface area (Å²) in [6.07, 6.45) is 1.54. The van der Waals surface area contributed by atoms with Gasteiger partial charge in [0.05, 0.1) is 13.3 Å². The Hall–Kier alpha value is -1.20. The van der Waals surface area contributed by atoms with Crippen LogP contribution in [0.5, 0.6) is 0 Å². The van der Waals surface area contributed by atoms with Crippen LogP contribution in [0.15, 0.2) is 28.9 Å². The number of thiazole rings is 1. The van der Waals surface area contributed by atoms with Gasteiger partial charge >= 0.3 is 5.97 Å². The summed E-state index contributed by atoms with van der Waals surface area (Å²) in [5, 5.41) is 0.820. The highest BCUT2D eigenvalue weighted by molar-refractivity contribution is 9.10. The van der Waals surface area contributed by atoms with Crippen molar-refractivity contribution in [2.24, 2.45) is 0 Å². The van der Waals surface area contributed by atoms with Gasteiger partial charge in [0.2, 0.25) is 0 Å².